The zero-order valence-corrected chi connectivity index (χ0v) is 12.2. The zero-order valence-electron chi connectivity index (χ0n) is 11.4. The molecule has 5 heteroatoms. The monoisotopic (exact) mass is 297 g/mol. The highest BCUT2D eigenvalue weighted by molar-refractivity contribution is 7.12. The molecule has 106 valence electrons. The summed E-state index contributed by atoms with van der Waals surface area (Å²) in [7, 11) is 0. The molecule has 1 aromatic carbocycles. The van der Waals surface area contributed by atoms with Crippen LogP contribution in [0.3, 0.4) is 0 Å². The Balaban J connectivity index is 1.67. The molecule has 1 amide bonds. The van der Waals surface area contributed by atoms with Gasteiger partial charge in [0.05, 0.1) is 11.2 Å². The van der Waals surface area contributed by atoms with Crippen LogP contribution in [-0.4, -0.2) is 22.4 Å². The van der Waals surface area contributed by atoms with Gasteiger partial charge in [-0.2, -0.15) is 0 Å². The fraction of sp³-hybridized carbons (Fsp3) is 0.125. The van der Waals surface area contributed by atoms with E-state index in [0.29, 0.717) is 6.54 Å². The molecular formula is C16H15N3OS. The molecule has 0 aliphatic heterocycles. The Kier molecular flexibility index (Phi) is 4.12. The molecule has 0 bridgehead atoms. The number of H-pyrrole nitrogens is 1. The first-order valence-electron chi connectivity index (χ1n) is 6.73. The second kappa shape index (κ2) is 6.37. The minimum Gasteiger partial charge on any atom is -0.351 e. The average molecular weight is 297 g/mol. The van der Waals surface area contributed by atoms with Crippen molar-refractivity contribution >= 4 is 17.2 Å². The predicted octanol–water partition coefficient (Wildman–Crippen LogP) is 3.11. The molecule has 0 radical (unpaired) electrons. The van der Waals surface area contributed by atoms with Crippen LogP contribution in [0.2, 0.25) is 0 Å². The Hall–Kier alpha value is -2.40. The summed E-state index contributed by atoms with van der Waals surface area (Å²) in [5.41, 5.74) is 3.07. The molecule has 0 atom stereocenters. The fourth-order valence-electron chi connectivity index (χ4n) is 2.14. The van der Waals surface area contributed by atoms with Gasteiger partial charge in [-0.15, -0.1) is 11.3 Å². The van der Waals surface area contributed by atoms with Crippen LogP contribution in [0.5, 0.6) is 0 Å². The number of aromatic amines is 1. The van der Waals surface area contributed by atoms with Gasteiger partial charge in [0.2, 0.25) is 0 Å². The molecule has 3 aromatic rings. The summed E-state index contributed by atoms with van der Waals surface area (Å²) in [5.74, 6) is -0.0247. The Morgan fingerprint density at radius 1 is 1.24 bits per heavy atom. The van der Waals surface area contributed by atoms with Gasteiger partial charge in [-0.1, -0.05) is 30.3 Å². The highest BCUT2D eigenvalue weighted by atomic mass is 32.1. The van der Waals surface area contributed by atoms with Crippen LogP contribution in [0, 0.1) is 0 Å². The van der Waals surface area contributed by atoms with E-state index in [2.05, 4.69) is 15.3 Å². The van der Waals surface area contributed by atoms with Crippen molar-refractivity contribution in [1.82, 2.24) is 15.3 Å². The van der Waals surface area contributed by atoms with Crippen LogP contribution in [0.25, 0.3) is 11.1 Å². The quantitative estimate of drug-likeness (QED) is 0.760. The van der Waals surface area contributed by atoms with Crippen molar-refractivity contribution in [2.24, 2.45) is 0 Å². The van der Waals surface area contributed by atoms with Gasteiger partial charge in [-0.3, -0.25) is 4.79 Å². The largest absolute Gasteiger partial charge is 0.351 e. The van der Waals surface area contributed by atoms with E-state index in [0.717, 1.165) is 28.1 Å². The summed E-state index contributed by atoms with van der Waals surface area (Å²) in [5, 5.41) is 4.91. The molecule has 0 unspecified atom stereocenters. The molecule has 2 aromatic heterocycles. The Labute approximate surface area is 126 Å². The Bertz CT molecular complexity index is 704. The second-order valence-corrected chi connectivity index (χ2v) is 5.53. The Morgan fingerprint density at radius 2 is 2.10 bits per heavy atom. The lowest BCUT2D eigenvalue weighted by atomic mass is 10.1. The van der Waals surface area contributed by atoms with Gasteiger partial charge >= 0.3 is 0 Å². The van der Waals surface area contributed by atoms with Gasteiger partial charge in [0, 0.05) is 30.4 Å². The van der Waals surface area contributed by atoms with E-state index in [9.17, 15) is 4.79 Å². The number of nitrogens with one attached hydrogen (secondary N) is 2. The smallest absolute Gasteiger partial charge is 0.261 e. The molecule has 2 N–H and O–H groups in total. The van der Waals surface area contributed by atoms with E-state index >= 15 is 0 Å². The molecule has 0 fully saturated rings. The lowest BCUT2D eigenvalue weighted by molar-refractivity contribution is 0.0958. The number of amides is 1. The molecule has 0 aliphatic carbocycles. The first-order valence-corrected chi connectivity index (χ1v) is 7.61. The van der Waals surface area contributed by atoms with Crippen molar-refractivity contribution in [2.75, 3.05) is 6.54 Å². The summed E-state index contributed by atoms with van der Waals surface area (Å²) in [6.45, 7) is 0.590. The van der Waals surface area contributed by atoms with Crippen molar-refractivity contribution in [3.63, 3.8) is 0 Å². The molecule has 0 saturated heterocycles. The molecule has 0 spiro atoms. The van der Waals surface area contributed by atoms with Crippen molar-refractivity contribution in [3.8, 4) is 11.1 Å². The van der Waals surface area contributed by atoms with Crippen LogP contribution < -0.4 is 5.32 Å². The summed E-state index contributed by atoms with van der Waals surface area (Å²) in [6.07, 6.45) is 4.16. The number of nitrogens with zero attached hydrogens (tertiary/aromatic N) is 1. The fourth-order valence-corrected chi connectivity index (χ4v) is 2.97. The van der Waals surface area contributed by atoms with E-state index in [1.807, 2.05) is 41.8 Å². The lowest BCUT2D eigenvalue weighted by Gasteiger charge is -2.05. The zero-order chi connectivity index (χ0) is 14.5. The molecule has 0 saturated carbocycles. The third-order valence-electron chi connectivity index (χ3n) is 3.19. The summed E-state index contributed by atoms with van der Waals surface area (Å²) in [4.78, 5) is 20.0. The number of benzene rings is 1. The van der Waals surface area contributed by atoms with Gasteiger partial charge in [-0.25, -0.2) is 4.98 Å². The highest BCUT2D eigenvalue weighted by Crippen LogP contribution is 2.27. The maximum absolute atomic E-state index is 12.3. The minimum absolute atomic E-state index is 0.0247. The van der Waals surface area contributed by atoms with Gasteiger partial charge in [0.25, 0.3) is 5.91 Å². The predicted molar refractivity (Wildman–Crippen MR) is 84.4 cm³/mol. The highest BCUT2D eigenvalue weighted by Gasteiger charge is 2.13. The minimum atomic E-state index is -0.0247. The first-order chi connectivity index (χ1) is 10.3. The van der Waals surface area contributed by atoms with Gasteiger partial charge in [0.1, 0.15) is 0 Å². The molecule has 4 nitrogen and oxygen atoms in total. The number of hydrogen-bond donors (Lipinski definition) is 2. The number of imidazole rings is 1. The summed E-state index contributed by atoms with van der Waals surface area (Å²) < 4.78 is 0. The molecule has 0 aliphatic rings. The van der Waals surface area contributed by atoms with Crippen molar-refractivity contribution in [1.29, 1.82) is 0 Å². The van der Waals surface area contributed by atoms with Gasteiger partial charge in [0.15, 0.2) is 0 Å². The molecule has 2 heterocycles. The summed E-state index contributed by atoms with van der Waals surface area (Å²) >= 11 is 1.47. The summed E-state index contributed by atoms with van der Waals surface area (Å²) in [6, 6.07) is 12.0. The van der Waals surface area contributed by atoms with Crippen molar-refractivity contribution < 1.29 is 4.79 Å². The van der Waals surface area contributed by atoms with E-state index < -0.39 is 0 Å². The third-order valence-corrected chi connectivity index (χ3v) is 4.10. The number of hydrogen-bond acceptors (Lipinski definition) is 3. The van der Waals surface area contributed by atoms with Crippen LogP contribution in [-0.2, 0) is 6.42 Å². The lowest BCUT2D eigenvalue weighted by Crippen LogP contribution is -2.25. The van der Waals surface area contributed by atoms with Gasteiger partial charge in [-0.05, 0) is 17.0 Å². The average Bonchev–Trinajstić information content (AvgIpc) is 3.19. The molecule has 3 rings (SSSR count). The second-order valence-electron chi connectivity index (χ2n) is 4.61. The maximum atomic E-state index is 12.3. The molecular weight excluding hydrogens is 282 g/mol. The maximum Gasteiger partial charge on any atom is 0.261 e. The van der Waals surface area contributed by atoms with E-state index in [-0.39, 0.29) is 5.91 Å². The van der Waals surface area contributed by atoms with Gasteiger partial charge < -0.3 is 10.3 Å². The number of carbonyl (C=O) groups excluding carboxylic acids is 1. The normalized spacial score (nSPS) is 10.5. The van der Waals surface area contributed by atoms with Crippen LogP contribution in [0.15, 0.2) is 54.3 Å². The number of aromatic nitrogens is 2. The van der Waals surface area contributed by atoms with Crippen LogP contribution >= 0.6 is 11.3 Å². The van der Waals surface area contributed by atoms with Crippen LogP contribution in [0.4, 0.5) is 0 Å². The standard InChI is InChI=1S/C16H15N3OS/c20-16(18-8-6-13-10-17-11-19-13)15-14(7-9-21-15)12-4-2-1-3-5-12/h1-5,7,9-11H,6,8H2,(H,17,19)(H,18,20). The SMILES string of the molecule is O=C(NCCc1cnc[nH]1)c1sccc1-c1ccccc1. The molecule has 21 heavy (non-hydrogen) atoms. The van der Waals surface area contributed by atoms with Crippen molar-refractivity contribution in [3.05, 3.63) is 64.9 Å². The number of thiophene rings is 1. The van der Waals surface area contributed by atoms with E-state index in [1.165, 1.54) is 11.3 Å². The van der Waals surface area contributed by atoms with Crippen LogP contribution in [0.1, 0.15) is 15.4 Å². The number of carbonyl (C=O) groups is 1. The van der Waals surface area contributed by atoms with E-state index in [1.54, 1.807) is 12.5 Å². The van der Waals surface area contributed by atoms with E-state index in [4.69, 9.17) is 0 Å². The van der Waals surface area contributed by atoms with Crippen molar-refractivity contribution in [2.45, 2.75) is 6.42 Å². The first kappa shape index (κ1) is 13.6. The number of rotatable bonds is 5. The topological polar surface area (TPSA) is 57.8 Å². The third kappa shape index (κ3) is 3.20. The Morgan fingerprint density at radius 3 is 2.86 bits per heavy atom.